The topological polar surface area (TPSA) is 9.86 Å². The standard InChI is InChI=1S/C39H30N2/c1-3-9-26(10-4-2)27-17-19-30(20-18-27)40-37-16-8-14-32(37)34-22-21-31(25-39(34)40)41-36-15-6-5-13-33(36)35-23-28-11-7-12-29(28)24-38(35)41/h3-5,9-14,16-25H,1,6-7,15H2,2H3/b10-4-,26-9+. The second-order valence-corrected chi connectivity index (χ2v) is 11.0. The lowest BCUT2D eigenvalue weighted by atomic mass is 10.0. The molecule has 0 saturated carbocycles. The van der Waals surface area contributed by atoms with Crippen molar-refractivity contribution in [1.29, 1.82) is 0 Å². The quantitative estimate of drug-likeness (QED) is 0.158. The lowest BCUT2D eigenvalue weighted by molar-refractivity contribution is 0.888. The highest BCUT2D eigenvalue weighted by atomic mass is 15.0. The highest BCUT2D eigenvalue weighted by Gasteiger charge is 2.22. The molecule has 2 heterocycles. The van der Waals surface area contributed by atoms with Crippen LogP contribution in [0, 0.1) is 0 Å². The molecule has 2 aromatic heterocycles. The molecule has 2 nitrogen and oxygen atoms in total. The van der Waals surface area contributed by atoms with Gasteiger partial charge in [-0.25, -0.2) is 0 Å². The second-order valence-electron chi connectivity index (χ2n) is 11.0. The number of hydrogen-bond donors (Lipinski definition) is 0. The van der Waals surface area contributed by atoms with Crippen LogP contribution in [0.4, 0.5) is 0 Å². The lowest BCUT2D eigenvalue weighted by Crippen LogP contribution is -2.20. The molecule has 41 heavy (non-hydrogen) atoms. The Hall–Kier alpha value is -5.04. The molecule has 0 N–H and O–H groups in total. The molecule has 0 radical (unpaired) electrons. The summed E-state index contributed by atoms with van der Waals surface area (Å²) in [5.74, 6) is 0. The van der Waals surface area contributed by atoms with E-state index >= 15 is 0 Å². The van der Waals surface area contributed by atoms with E-state index < -0.39 is 0 Å². The average Bonchev–Trinajstić information content (AvgIpc) is 3.78. The lowest BCUT2D eigenvalue weighted by Gasteiger charge is -2.15. The summed E-state index contributed by atoms with van der Waals surface area (Å²) >= 11 is 0. The van der Waals surface area contributed by atoms with Crippen molar-refractivity contribution in [3.05, 3.63) is 136 Å². The molecular formula is C39H30N2. The molecule has 0 saturated heterocycles. The molecule has 3 aromatic carbocycles. The second kappa shape index (κ2) is 9.27. The van der Waals surface area contributed by atoms with E-state index in [1.807, 2.05) is 13.0 Å². The third-order valence-corrected chi connectivity index (χ3v) is 8.66. The van der Waals surface area contributed by atoms with E-state index in [4.69, 9.17) is 0 Å². The van der Waals surface area contributed by atoms with Gasteiger partial charge in [-0.3, -0.25) is 0 Å². The number of aromatic nitrogens is 2. The molecule has 3 aliphatic carbocycles. The van der Waals surface area contributed by atoms with Crippen molar-refractivity contribution in [2.75, 3.05) is 0 Å². The zero-order chi connectivity index (χ0) is 27.5. The molecule has 3 aliphatic rings. The van der Waals surface area contributed by atoms with E-state index in [2.05, 4.69) is 131 Å². The molecular weight excluding hydrogens is 496 g/mol. The van der Waals surface area contributed by atoms with Crippen LogP contribution in [-0.2, 0) is 6.42 Å². The van der Waals surface area contributed by atoms with Crippen LogP contribution in [0.15, 0.2) is 97.3 Å². The highest BCUT2D eigenvalue weighted by Crippen LogP contribution is 2.38. The van der Waals surface area contributed by atoms with Crippen molar-refractivity contribution < 1.29 is 0 Å². The van der Waals surface area contributed by atoms with Gasteiger partial charge in [0.2, 0.25) is 0 Å². The summed E-state index contributed by atoms with van der Waals surface area (Å²) in [6.45, 7) is 5.94. The fraction of sp³-hybridized carbons (Fsp3) is 0.103. The smallest absolute Gasteiger partial charge is 0.0624 e. The van der Waals surface area contributed by atoms with E-state index in [-0.39, 0.29) is 0 Å². The van der Waals surface area contributed by atoms with Crippen molar-refractivity contribution in [3.63, 3.8) is 0 Å². The van der Waals surface area contributed by atoms with Crippen LogP contribution in [0.1, 0.15) is 47.8 Å². The predicted molar refractivity (Wildman–Crippen MR) is 176 cm³/mol. The molecule has 2 heteroatoms. The first-order valence-corrected chi connectivity index (χ1v) is 14.5. The third-order valence-electron chi connectivity index (χ3n) is 8.66. The summed E-state index contributed by atoms with van der Waals surface area (Å²) in [4.78, 5) is 0. The van der Waals surface area contributed by atoms with Crippen LogP contribution >= 0.6 is 0 Å². The maximum atomic E-state index is 3.89. The first-order chi connectivity index (χ1) is 20.2. The molecule has 0 bridgehead atoms. The van der Waals surface area contributed by atoms with Crippen molar-refractivity contribution in [2.45, 2.75) is 26.2 Å². The maximum absolute atomic E-state index is 3.89. The van der Waals surface area contributed by atoms with Crippen LogP contribution in [0.5, 0.6) is 0 Å². The summed E-state index contributed by atoms with van der Waals surface area (Å²) in [5, 5.41) is 5.31. The van der Waals surface area contributed by atoms with Gasteiger partial charge in [-0.2, -0.15) is 0 Å². The Morgan fingerprint density at radius 1 is 0.854 bits per heavy atom. The zero-order valence-corrected chi connectivity index (χ0v) is 23.2. The minimum Gasteiger partial charge on any atom is -0.313 e. The SMILES string of the molecule is C=C/C=C(\C=C/C)c1ccc(-n2c3c(c4ccc(-n5c6c(c7cc8c(cc75)=CCC=8)C=CCC6)cc42)C=C=C3)cc1. The van der Waals surface area contributed by atoms with Gasteiger partial charge < -0.3 is 9.13 Å². The number of rotatable bonds is 5. The summed E-state index contributed by atoms with van der Waals surface area (Å²) in [7, 11) is 0. The van der Waals surface area contributed by atoms with Crippen molar-refractivity contribution in [3.8, 4) is 11.4 Å². The largest absolute Gasteiger partial charge is 0.313 e. The maximum Gasteiger partial charge on any atom is 0.0624 e. The van der Waals surface area contributed by atoms with E-state index in [1.54, 1.807) is 0 Å². The number of fused-ring (bicyclic) bond motifs is 7. The average molecular weight is 527 g/mol. The summed E-state index contributed by atoms with van der Waals surface area (Å²) in [6, 6.07) is 20.6. The van der Waals surface area contributed by atoms with Gasteiger partial charge in [0.1, 0.15) is 0 Å². The predicted octanol–water partition coefficient (Wildman–Crippen LogP) is 8.28. The first-order valence-electron chi connectivity index (χ1n) is 14.5. The molecule has 0 amide bonds. The summed E-state index contributed by atoms with van der Waals surface area (Å²) < 4.78 is 4.90. The van der Waals surface area contributed by atoms with Gasteiger partial charge in [-0.1, -0.05) is 73.4 Å². The molecule has 8 rings (SSSR count). The normalized spacial score (nSPS) is 15.0. The van der Waals surface area contributed by atoms with E-state index in [0.717, 1.165) is 30.5 Å². The Labute approximate surface area is 239 Å². The van der Waals surface area contributed by atoms with Gasteiger partial charge in [0.15, 0.2) is 0 Å². The van der Waals surface area contributed by atoms with Crippen molar-refractivity contribution >= 4 is 57.8 Å². The van der Waals surface area contributed by atoms with E-state index in [1.165, 1.54) is 66.0 Å². The summed E-state index contributed by atoms with van der Waals surface area (Å²) in [5.41, 5.74) is 15.8. The van der Waals surface area contributed by atoms with Crippen LogP contribution < -0.4 is 10.4 Å². The van der Waals surface area contributed by atoms with Gasteiger partial charge >= 0.3 is 0 Å². The minimum absolute atomic E-state index is 1.02. The van der Waals surface area contributed by atoms with Gasteiger partial charge in [-0.15, -0.1) is 5.73 Å². The molecule has 196 valence electrons. The Morgan fingerprint density at radius 3 is 2.49 bits per heavy atom. The molecule has 0 unspecified atom stereocenters. The third kappa shape index (κ3) is 3.58. The van der Waals surface area contributed by atoms with Gasteiger partial charge in [0, 0.05) is 45.0 Å². The van der Waals surface area contributed by atoms with Crippen LogP contribution in [0.3, 0.4) is 0 Å². The van der Waals surface area contributed by atoms with Crippen LogP contribution in [0.25, 0.3) is 69.1 Å². The number of hydrogen-bond acceptors (Lipinski definition) is 0. The van der Waals surface area contributed by atoms with Crippen molar-refractivity contribution in [2.24, 2.45) is 0 Å². The Bertz CT molecular complexity index is 2210. The molecule has 0 fully saturated rings. The van der Waals surface area contributed by atoms with E-state index in [9.17, 15) is 0 Å². The highest BCUT2D eigenvalue weighted by molar-refractivity contribution is 6.00. The number of allylic oxidation sites excluding steroid dienone is 6. The van der Waals surface area contributed by atoms with Gasteiger partial charge in [-0.05, 0) is 90.2 Å². The molecule has 5 aromatic rings. The zero-order valence-electron chi connectivity index (χ0n) is 23.2. The monoisotopic (exact) mass is 526 g/mol. The molecule has 0 spiro atoms. The Morgan fingerprint density at radius 2 is 1.66 bits per heavy atom. The Balaban J connectivity index is 1.35. The summed E-state index contributed by atoms with van der Waals surface area (Å²) in [6.07, 6.45) is 24.8. The van der Waals surface area contributed by atoms with Crippen LogP contribution in [-0.4, -0.2) is 9.13 Å². The fourth-order valence-corrected chi connectivity index (χ4v) is 6.85. The molecule has 0 aliphatic heterocycles. The molecule has 0 atom stereocenters. The van der Waals surface area contributed by atoms with Gasteiger partial charge in [0.25, 0.3) is 0 Å². The first kappa shape index (κ1) is 23.8. The van der Waals surface area contributed by atoms with Crippen molar-refractivity contribution in [1.82, 2.24) is 9.13 Å². The fourth-order valence-electron chi connectivity index (χ4n) is 6.85. The minimum atomic E-state index is 1.02. The van der Waals surface area contributed by atoms with Gasteiger partial charge in [0.05, 0.1) is 16.7 Å². The number of benzene rings is 3. The Kier molecular flexibility index (Phi) is 5.38. The van der Waals surface area contributed by atoms with E-state index in [0.29, 0.717) is 0 Å². The van der Waals surface area contributed by atoms with Crippen LogP contribution in [0.2, 0.25) is 0 Å². The number of nitrogens with zero attached hydrogens (tertiary/aromatic N) is 2.